The lowest BCUT2D eigenvalue weighted by Gasteiger charge is -2.19. The van der Waals surface area contributed by atoms with Crippen molar-refractivity contribution in [3.05, 3.63) is 6.07 Å². The van der Waals surface area contributed by atoms with Crippen LogP contribution in [0.15, 0.2) is 11.1 Å². The van der Waals surface area contributed by atoms with Crippen LogP contribution in [0.3, 0.4) is 0 Å². The first-order chi connectivity index (χ1) is 11.0. The van der Waals surface area contributed by atoms with Crippen LogP contribution in [0, 0.1) is 0 Å². The summed E-state index contributed by atoms with van der Waals surface area (Å²) in [6, 6.07) is 1.62. The van der Waals surface area contributed by atoms with Crippen molar-refractivity contribution in [3.8, 4) is 0 Å². The molecule has 23 heavy (non-hydrogen) atoms. The predicted octanol–water partition coefficient (Wildman–Crippen LogP) is 2.74. The summed E-state index contributed by atoms with van der Waals surface area (Å²) in [6.07, 6.45) is -1.27. The minimum absolute atomic E-state index is 0.194. The largest absolute Gasteiger partial charge is 0.450 e. The Balaban J connectivity index is 2.33. The minimum atomic E-state index is -0.645. The highest BCUT2D eigenvalue weighted by atomic mass is 16.6. The number of anilines is 3. The van der Waals surface area contributed by atoms with Gasteiger partial charge in [-0.2, -0.15) is 0 Å². The van der Waals surface area contributed by atoms with Gasteiger partial charge < -0.3 is 14.8 Å². The van der Waals surface area contributed by atoms with Gasteiger partial charge in [0.15, 0.2) is 5.82 Å². The fourth-order valence-electron chi connectivity index (χ4n) is 1.93. The average Bonchev–Trinajstić information content (AvgIpc) is 2.48. The van der Waals surface area contributed by atoms with Gasteiger partial charge in [0.1, 0.15) is 11.5 Å². The number of aliphatic imine (C=N–C) groups is 1. The Morgan fingerprint density at radius 3 is 2.52 bits per heavy atom. The lowest BCUT2D eigenvalue weighted by Crippen LogP contribution is -2.20. The molecule has 0 radical (unpaired) electrons. The zero-order valence-electron chi connectivity index (χ0n) is 13.2. The molecule has 2 rings (SSSR count). The van der Waals surface area contributed by atoms with Crippen molar-refractivity contribution in [2.24, 2.45) is 4.99 Å². The minimum Gasteiger partial charge on any atom is -0.450 e. The number of hydrogen-bond donors (Lipinski definition) is 3. The maximum atomic E-state index is 11.7. The molecule has 9 nitrogen and oxygen atoms in total. The third kappa shape index (κ3) is 4.31. The normalized spacial score (nSPS) is 12.4. The summed E-state index contributed by atoms with van der Waals surface area (Å²) < 4.78 is 9.67. The molecule has 0 fully saturated rings. The highest BCUT2D eigenvalue weighted by molar-refractivity contribution is 6.00. The molecule has 0 atom stereocenters. The van der Waals surface area contributed by atoms with Gasteiger partial charge in [0.05, 0.1) is 25.4 Å². The molecule has 0 spiro atoms. The van der Waals surface area contributed by atoms with Crippen LogP contribution in [0.25, 0.3) is 0 Å². The van der Waals surface area contributed by atoms with Crippen LogP contribution >= 0.6 is 0 Å². The molecule has 0 unspecified atom stereocenters. The van der Waals surface area contributed by atoms with Gasteiger partial charge in [-0.15, -0.1) is 0 Å². The van der Waals surface area contributed by atoms with Gasteiger partial charge in [-0.1, -0.05) is 0 Å². The number of amides is 2. The number of rotatable bonds is 4. The van der Waals surface area contributed by atoms with E-state index in [-0.39, 0.29) is 24.8 Å². The molecule has 9 heteroatoms. The number of nitrogens with one attached hydrogen (secondary N) is 3. The molecule has 1 aromatic heterocycles. The fraction of sp³-hybridized carbons (Fsp3) is 0.429. The van der Waals surface area contributed by atoms with Gasteiger partial charge >= 0.3 is 12.2 Å². The monoisotopic (exact) mass is 321 g/mol. The topological polar surface area (TPSA) is 114 Å². The Kier molecular flexibility index (Phi) is 5.34. The zero-order valence-corrected chi connectivity index (χ0v) is 13.2. The van der Waals surface area contributed by atoms with E-state index in [2.05, 4.69) is 25.9 Å². The summed E-state index contributed by atoms with van der Waals surface area (Å²) in [5.74, 6) is 0.426. The number of aromatic nitrogens is 1. The van der Waals surface area contributed by atoms with E-state index >= 15 is 0 Å². The highest BCUT2D eigenvalue weighted by Crippen LogP contribution is 2.36. The standard InChI is InChI=1S/C14H19N5O4/c1-4-22-13(20)18-10-6-9-11(16-8(3)7-15-9)12(17-10)19-14(21)23-5-2/h6,15H,4-5,7H2,1-3H3,(H2,17,18,19,20,21). The van der Waals surface area contributed by atoms with Crippen LogP contribution in [0.5, 0.6) is 0 Å². The molecule has 0 bridgehead atoms. The zero-order chi connectivity index (χ0) is 16.8. The van der Waals surface area contributed by atoms with Gasteiger partial charge in [0.25, 0.3) is 0 Å². The summed E-state index contributed by atoms with van der Waals surface area (Å²) >= 11 is 0. The lowest BCUT2D eigenvalue weighted by molar-refractivity contribution is 0.167. The van der Waals surface area contributed by atoms with E-state index in [0.29, 0.717) is 17.9 Å². The summed E-state index contributed by atoms with van der Waals surface area (Å²) in [7, 11) is 0. The van der Waals surface area contributed by atoms with E-state index in [1.807, 2.05) is 6.92 Å². The molecule has 1 aromatic rings. The Morgan fingerprint density at radius 2 is 1.87 bits per heavy atom. The van der Waals surface area contributed by atoms with Gasteiger partial charge in [-0.05, 0) is 20.8 Å². The molecular weight excluding hydrogens is 302 g/mol. The second-order valence-electron chi connectivity index (χ2n) is 4.64. The lowest BCUT2D eigenvalue weighted by atomic mass is 10.2. The number of carbonyl (C=O) groups excluding carboxylic acids is 2. The van der Waals surface area contributed by atoms with Gasteiger partial charge in [0, 0.05) is 11.8 Å². The molecular formula is C14H19N5O4. The molecule has 124 valence electrons. The van der Waals surface area contributed by atoms with Gasteiger partial charge in [0.2, 0.25) is 0 Å². The molecule has 0 saturated heterocycles. The summed E-state index contributed by atoms with van der Waals surface area (Å²) in [6.45, 7) is 6.29. The second-order valence-corrected chi connectivity index (χ2v) is 4.64. The van der Waals surface area contributed by atoms with Crippen LogP contribution < -0.4 is 16.0 Å². The first-order valence-corrected chi connectivity index (χ1v) is 7.24. The third-order valence-corrected chi connectivity index (χ3v) is 2.83. The Hall–Kier alpha value is -2.84. The summed E-state index contributed by atoms with van der Waals surface area (Å²) in [5, 5.41) is 8.17. The van der Waals surface area contributed by atoms with E-state index in [9.17, 15) is 9.59 Å². The van der Waals surface area contributed by atoms with E-state index in [4.69, 9.17) is 9.47 Å². The van der Waals surface area contributed by atoms with Crippen molar-refractivity contribution in [2.45, 2.75) is 20.8 Å². The number of nitrogens with zero attached hydrogens (tertiary/aromatic N) is 2. The third-order valence-electron chi connectivity index (χ3n) is 2.83. The Morgan fingerprint density at radius 1 is 1.22 bits per heavy atom. The quantitative estimate of drug-likeness (QED) is 0.785. The number of fused-ring (bicyclic) bond motifs is 1. The van der Waals surface area contributed by atoms with Crippen molar-refractivity contribution in [3.63, 3.8) is 0 Å². The van der Waals surface area contributed by atoms with E-state index in [1.165, 1.54) is 0 Å². The summed E-state index contributed by atoms with van der Waals surface area (Å²) in [5.41, 5.74) is 1.97. The molecule has 3 N–H and O–H groups in total. The molecule has 0 aliphatic carbocycles. The van der Waals surface area contributed by atoms with Crippen LogP contribution in [0.1, 0.15) is 20.8 Å². The first kappa shape index (κ1) is 16.5. The van der Waals surface area contributed by atoms with Gasteiger partial charge in [-0.25, -0.2) is 14.6 Å². The van der Waals surface area contributed by atoms with Crippen LogP contribution in [0.4, 0.5) is 32.6 Å². The highest BCUT2D eigenvalue weighted by Gasteiger charge is 2.19. The number of pyridine rings is 1. The Labute approximate surface area is 133 Å². The van der Waals surface area contributed by atoms with Crippen molar-refractivity contribution < 1.29 is 19.1 Å². The van der Waals surface area contributed by atoms with Crippen LogP contribution in [0.2, 0.25) is 0 Å². The smallest absolute Gasteiger partial charge is 0.412 e. The molecule has 2 heterocycles. The van der Waals surface area contributed by atoms with Gasteiger partial charge in [-0.3, -0.25) is 15.6 Å². The Bertz CT molecular complexity index is 644. The van der Waals surface area contributed by atoms with E-state index in [1.54, 1.807) is 19.9 Å². The fourth-order valence-corrected chi connectivity index (χ4v) is 1.93. The predicted molar refractivity (Wildman–Crippen MR) is 86.8 cm³/mol. The molecule has 1 aliphatic rings. The van der Waals surface area contributed by atoms with E-state index in [0.717, 1.165) is 5.71 Å². The van der Waals surface area contributed by atoms with Crippen molar-refractivity contribution >= 4 is 40.9 Å². The van der Waals surface area contributed by atoms with Crippen molar-refractivity contribution in [1.82, 2.24) is 4.98 Å². The molecule has 2 amide bonds. The number of hydrogen-bond acceptors (Lipinski definition) is 7. The van der Waals surface area contributed by atoms with Crippen LogP contribution in [-0.4, -0.2) is 42.6 Å². The van der Waals surface area contributed by atoms with E-state index < -0.39 is 12.2 Å². The maximum Gasteiger partial charge on any atom is 0.412 e. The van der Waals surface area contributed by atoms with Crippen LogP contribution in [-0.2, 0) is 9.47 Å². The molecule has 0 aromatic carbocycles. The SMILES string of the molecule is CCOC(=O)Nc1cc2c(c(NC(=O)OCC)n1)N=C(C)CN2. The maximum absolute atomic E-state index is 11.7. The molecule has 1 aliphatic heterocycles. The first-order valence-electron chi connectivity index (χ1n) is 7.24. The number of carbonyl (C=O) groups is 2. The second kappa shape index (κ2) is 7.43. The average molecular weight is 321 g/mol. The van der Waals surface area contributed by atoms with Crippen molar-refractivity contribution in [1.29, 1.82) is 0 Å². The number of ether oxygens (including phenoxy) is 2. The summed E-state index contributed by atoms with van der Waals surface area (Å²) in [4.78, 5) is 31.8. The van der Waals surface area contributed by atoms with Crippen molar-refractivity contribution in [2.75, 3.05) is 35.7 Å². The molecule has 0 saturated carbocycles.